The number of imidazole rings is 1. The van der Waals surface area contributed by atoms with Crippen LogP contribution in [0.1, 0.15) is 34.9 Å². The van der Waals surface area contributed by atoms with Crippen molar-refractivity contribution in [2.75, 3.05) is 39.8 Å². The molecule has 1 unspecified atom stereocenters. The Bertz CT molecular complexity index is 1390. The summed E-state index contributed by atoms with van der Waals surface area (Å²) in [6.07, 6.45) is 3.68. The first-order valence-electron chi connectivity index (χ1n) is 12.1. The van der Waals surface area contributed by atoms with E-state index in [1.54, 1.807) is 12.1 Å². The van der Waals surface area contributed by atoms with Crippen molar-refractivity contribution in [2.24, 2.45) is 0 Å². The number of fused-ring (bicyclic) bond motifs is 3. The van der Waals surface area contributed by atoms with Crippen LogP contribution < -0.4 is 10.6 Å². The predicted octanol–water partition coefficient (Wildman–Crippen LogP) is 3.84. The van der Waals surface area contributed by atoms with Crippen LogP contribution in [0.3, 0.4) is 0 Å². The summed E-state index contributed by atoms with van der Waals surface area (Å²) < 4.78 is 23.7. The van der Waals surface area contributed by atoms with E-state index in [1.165, 1.54) is 11.3 Å². The third kappa shape index (κ3) is 4.45. The Kier molecular flexibility index (Phi) is 6.01. The number of thiazole rings is 1. The van der Waals surface area contributed by atoms with Gasteiger partial charge in [0.25, 0.3) is 5.91 Å². The first-order chi connectivity index (χ1) is 17.0. The molecule has 0 spiro atoms. The van der Waals surface area contributed by atoms with Crippen molar-refractivity contribution in [1.82, 2.24) is 24.9 Å². The summed E-state index contributed by atoms with van der Waals surface area (Å²) in [6.45, 7) is 4.14. The van der Waals surface area contributed by atoms with E-state index in [1.807, 2.05) is 34.9 Å². The Morgan fingerprint density at radius 3 is 2.86 bits per heavy atom. The maximum absolute atomic E-state index is 15.0. The Hall–Kier alpha value is -2.85. The summed E-state index contributed by atoms with van der Waals surface area (Å²) in [5.41, 5.74) is 3.50. The summed E-state index contributed by atoms with van der Waals surface area (Å²) in [6, 6.07) is 11.2. The summed E-state index contributed by atoms with van der Waals surface area (Å²) in [5.74, 6) is -0.341. The first-order valence-corrected chi connectivity index (χ1v) is 12.9. The fraction of sp³-hybridized carbons (Fsp3) is 0.385. The monoisotopic (exact) mass is 493 g/mol. The van der Waals surface area contributed by atoms with Gasteiger partial charge in [0.1, 0.15) is 5.82 Å². The number of piperidine rings is 1. The molecule has 2 saturated heterocycles. The molecule has 6 rings (SSSR count). The Morgan fingerprint density at radius 2 is 2.09 bits per heavy atom. The first kappa shape index (κ1) is 22.6. The van der Waals surface area contributed by atoms with E-state index in [2.05, 4.69) is 22.6 Å². The van der Waals surface area contributed by atoms with Gasteiger partial charge in [-0.2, -0.15) is 0 Å². The average molecular weight is 494 g/mol. The largest absolute Gasteiger partial charge is 0.371 e. The molecular formula is C26H28FN5O2S. The maximum Gasteiger partial charge on any atom is 0.251 e. The van der Waals surface area contributed by atoms with Gasteiger partial charge in [0.05, 0.1) is 28.6 Å². The molecule has 0 radical (unpaired) electrons. The zero-order valence-corrected chi connectivity index (χ0v) is 20.4. The smallest absolute Gasteiger partial charge is 0.251 e. The Balaban J connectivity index is 1.23. The summed E-state index contributed by atoms with van der Waals surface area (Å²) in [4.78, 5) is 20.6. The SMILES string of the molecule is CN1CCC(NC(=O)c2ccc3c(c2)sc2nc(-c4ccc(C5CNCCO5)cc4F)cn23)CC1. The van der Waals surface area contributed by atoms with Gasteiger partial charge in [-0.3, -0.25) is 9.20 Å². The number of hydrogen-bond acceptors (Lipinski definition) is 6. The van der Waals surface area contributed by atoms with Gasteiger partial charge < -0.3 is 20.3 Å². The van der Waals surface area contributed by atoms with Crippen LogP contribution in [0.15, 0.2) is 42.6 Å². The highest BCUT2D eigenvalue weighted by Crippen LogP contribution is 2.32. The Morgan fingerprint density at radius 1 is 1.23 bits per heavy atom. The zero-order valence-electron chi connectivity index (χ0n) is 19.6. The molecule has 2 fully saturated rings. The molecule has 1 amide bonds. The van der Waals surface area contributed by atoms with Gasteiger partial charge >= 0.3 is 0 Å². The van der Waals surface area contributed by atoms with Gasteiger partial charge in [-0.25, -0.2) is 9.37 Å². The van der Waals surface area contributed by atoms with Gasteiger partial charge in [0, 0.05) is 36.5 Å². The molecule has 2 aliphatic rings. The van der Waals surface area contributed by atoms with Gasteiger partial charge in [-0.1, -0.05) is 17.4 Å². The van der Waals surface area contributed by atoms with Crippen molar-refractivity contribution in [3.8, 4) is 11.3 Å². The topological polar surface area (TPSA) is 70.9 Å². The van der Waals surface area contributed by atoms with Crippen LogP contribution in [-0.2, 0) is 4.74 Å². The van der Waals surface area contributed by atoms with Crippen LogP contribution in [0, 0.1) is 5.82 Å². The second-order valence-corrected chi connectivity index (χ2v) is 10.4. The second kappa shape index (κ2) is 9.31. The highest BCUT2D eigenvalue weighted by atomic mass is 32.1. The molecule has 9 heteroatoms. The second-order valence-electron chi connectivity index (χ2n) is 9.42. The van der Waals surface area contributed by atoms with Crippen molar-refractivity contribution in [1.29, 1.82) is 0 Å². The highest BCUT2D eigenvalue weighted by Gasteiger charge is 2.21. The summed E-state index contributed by atoms with van der Waals surface area (Å²) >= 11 is 1.50. The van der Waals surface area contributed by atoms with E-state index in [0.29, 0.717) is 30.0 Å². The lowest BCUT2D eigenvalue weighted by atomic mass is 10.0. The normalized spacial score (nSPS) is 20.0. The molecule has 4 heterocycles. The lowest BCUT2D eigenvalue weighted by molar-refractivity contribution is 0.0275. The standard InChI is InChI=1S/C26H28FN5O2S/c1-31-9-6-18(7-10-31)29-25(33)17-3-5-22-24(13-17)35-26-30-21(15-32(22)26)19-4-2-16(12-20(19)27)23-14-28-8-11-34-23/h2-5,12-13,15,18,23,28H,6-11,14H2,1H3,(H,29,33). The molecule has 4 aromatic rings. The molecule has 2 aliphatic heterocycles. The van der Waals surface area contributed by atoms with Crippen LogP contribution in [0.4, 0.5) is 4.39 Å². The number of carbonyl (C=O) groups is 1. The van der Waals surface area contributed by atoms with E-state index in [-0.39, 0.29) is 23.9 Å². The predicted molar refractivity (Wildman–Crippen MR) is 136 cm³/mol. The number of nitrogens with zero attached hydrogens (tertiary/aromatic N) is 3. The fourth-order valence-electron chi connectivity index (χ4n) is 4.91. The minimum Gasteiger partial charge on any atom is -0.371 e. The van der Waals surface area contributed by atoms with E-state index < -0.39 is 0 Å². The number of likely N-dealkylation sites (tertiary alicyclic amines) is 1. The van der Waals surface area contributed by atoms with Crippen molar-refractivity contribution < 1.29 is 13.9 Å². The van der Waals surface area contributed by atoms with Gasteiger partial charge in [0.15, 0.2) is 4.96 Å². The van der Waals surface area contributed by atoms with Gasteiger partial charge in [-0.05, 0) is 68.9 Å². The molecule has 7 nitrogen and oxygen atoms in total. The highest BCUT2D eigenvalue weighted by molar-refractivity contribution is 7.23. The van der Waals surface area contributed by atoms with Crippen LogP contribution >= 0.6 is 11.3 Å². The van der Waals surface area contributed by atoms with Crippen LogP contribution in [0.25, 0.3) is 26.4 Å². The van der Waals surface area contributed by atoms with Crippen molar-refractivity contribution in [2.45, 2.75) is 25.0 Å². The number of ether oxygens (including phenoxy) is 1. The number of halogens is 1. The van der Waals surface area contributed by atoms with Gasteiger partial charge in [-0.15, -0.1) is 0 Å². The molecule has 2 aromatic carbocycles. The molecule has 1 atom stereocenters. The van der Waals surface area contributed by atoms with Crippen molar-refractivity contribution in [3.05, 3.63) is 59.5 Å². The number of aromatic nitrogens is 2. The molecule has 0 bridgehead atoms. The molecule has 2 N–H and O–H groups in total. The number of nitrogens with one attached hydrogen (secondary N) is 2. The number of hydrogen-bond donors (Lipinski definition) is 2. The lowest BCUT2D eigenvalue weighted by Gasteiger charge is -2.29. The number of carbonyl (C=O) groups excluding carboxylic acids is 1. The minimum atomic E-state index is -0.306. The van der Waals surface area contributed by atoms with Crippen LogP contribution in [-0.4, -0.2) is 66.1 Å². The van der Waals surface area contributed by atoms with Crippen molar-refractivity contribution in [3.63, 3.8) is 0 Å². The number of amides is 1. The van der Waals surface area contributed by atoms with Crippen molar-refractivity contribution >= 4 is 32.4 Å². The zero-order chi connectivity index (χ0) is 23.9. The summed E-state index contributed by atoms with van der Waals surface area (Å²) in [7, 11) is 2.11. The van der Waals surface area contributed by atoms with E-state index in [4.69, 9.17) is 9.72 Å². The Labute approximate surface area is 206 Å². The molecule has 35 heavy (non-hydrogen) atoms. The molecule has 0 aliphatic carbocycles. The minimum absolute atomic E-state index is 0.0347. The number of benzene rings is 2. The third-order valence-corrected chi connectivity index (χ3v) is 8.00. The molecule has 0 saturated carbocycles. The number of morpholine rings is 1. The average Bonchev–Trinajstić information content (AvgIpc) is 3.43. The van der Waals surface area contributed by atoms with Gasteiger partial charge in [0.2, 0.25) is 0 Å². The maximum atomic E-state index is 15.0. The molecular weight excluding hydrogens is 465 g/mol. The fourth-order valence-corrected chi connectivity index (χ4v) is 5.96. The lowest BCUT2D eigenvalue weighted by Crippen LogP contribution is -2.43. The van der Waals surface area contributed by atoms with Crippen LogP contribution in [0.5, 0.6) is 0 Å². The molecule has 182 valence electrons. The van der Waals surface area contributed by atoms with Crippen LogP contribution in [0.2, 0.25) is 0 Å². The number of rotatable bonds is 4. The molecule has 2 aromatic heterocycles. The van der Waals surface area contributed by atoms with E-state index >= 15 is 4.39 Å². The summed E-state index contributed by atoms with van der Waals surface area (Å²) in [5, 5.41) is 6.45. The van der Waals surface area contributed by atoms with E-state index in [0.717, 1.165) is 53.2 Å². The quantitative estimate of drug-likeness (QED) is 0.452. The third-order valence-electron chi connectivity index (χ3n) is 6.98. The van der Waals surface area contributed by atoms with E-state index in [9.17, 15) is 4.79 Å².